The normalized spacial score (nSPS) is 10.1. The van der Waals surface area contributed by atoms with E-state index in [0.717, 1.165) is 22.1 Å². The van der Waals surface area contributed by atoms with Crippen LogP contribution >= 0.6 is 11.8 Å². The van der Waals surface area contributed by atoms with Crippen molar-refractivity contribution in [2.75, 3.05) is 25.2 Å². The quantitative estimate of drug-likeness (QED) is 0.620. The van der Waals surface area contributed by atoms with Gasteiger partial charge in [-0.2, -0.15) is 0 Å². The molecule has 0 aromatic heterocycles. The second-order valence-electron chi connectivity index (χ2n) is 2.91. The van der Waals surface area contributed by atoms with E-state index < -0.39 is 0 Å². The Morgan fingerprint density at radius 2 is 1.67 bits per heavy atom. The van der Waals surface area contributed by atoms with Crippen molar-refractivity contribution in [3.8, 4) is 11.5 Å². The van der Waals surface area contributed by atoms with Crippen molar-refractivity contribution < 1.29 is 9.47 Å². The highest BCUT2D eigenvalue weighted by Crippen LogP contribution is 2.36. The number of nitrogen functional groups attached to an aromatic ring is 1. The van der Waals surface area contributed by atoms with E-state index in [-0.39, 0.29) is 0 Å². The van der Waals surface area contributed by atoms with Crippen molar-refractivity contribution in [1.82, 2.24) is 0 Å². The van der Waals surface area contributed by atoms with E-state index >= 15 is 0 Å². The Morgan fingerprint density at radius 3 is 2.13 bits per heavy atom. The first kappa shape index (κ1) is 12.0. The Bertz CT molecular complexity index is 329. The lowest BCUT2D eigenvalue weighted by Gasteiger charge is -2.13. The average Bonchev–Trinajstić information content (AvgIpc) is 2.22. The van der Waals surface area contributed by atoms with E-state index in [1.54, 1.807) is 11.8 Å². The molecule has 84 valence electrons. The summed E-state index contributed by atoms with van der Waals surface area (Å²) < 4.78 is 10.9. The lowest BCUT2D eigenvalue weighted by Crippen LogP contribution is -2.00. The van der Waals surface area contributed by atoms with Crippen molar-refractivity contribution in [1.29, 1.82) is 0 Å². The van der Waals surface area contributed by atoms with Gasteiger partial charge in [0.05, 0.1) is 13.2 Å². The van der Waals surface area contributed by atoms with Crippen molar-refractivity contribution in [2.24, 2.45) is 0 Å². The largest absolute Gasteiger partial charge is 0.490 e. The van der Waals surface area contributed by atoms with Crippen molar-refractivity contribution in [3.63, 3.8) is 0 Å². The molecule has 2 N–H and O–H groups in total. The van der Waals surface area contributed by atoms with Crippen LogP contribution in [0.4, 0.5) is 5.69 Å². The van der Waals surface area contributed by atoms with E-state index in [4.69, 9.17) is 15.2 Å². The fourth-order valence-electron chi connectivity index (χ4n) is 1.27. The highest BCUT2D eigenvalue weighted by Gasteiger charge is 2.09. The van der Waals surface area contributed by atoms with Gasteiger partial charge in [-0.15, -0.1) is 11.8 Å². The Kier molecular flexibility index (Phi) is 4.62. The first-order valence-electron chi connectivity index (χ1n) is 4.96. The zero-order valence-corrected chi connectivity index (χ0v) is 10.2. The second-order valence-corrected chi connectivity index (χ2v) is 3.75. The fraction of sp³-hybridized carbons (Fsp3) is 0.455. The number of rotatable bonds is 5. The van der Waals surface area contributed by atoms with Gasteiger partial charge in [0.2, 0.25) is 0 Å². The molecule has 0 spiro atoms. The minimum absolute atomic E-state index is 0.609. The molecule has 15 heavy (non-hydrogen) atoms. The average molecular weight is 227 g/mol. The summed E-state index contributed by atoms with van der Waals surface area (Å²) >= 11 is 1.60. The molecule has 0 aliphatic rings. The van der Waals surface area contributed by atoms with Crippen LogP contribution in [-0.2, 0) is 0 Å². The highest BCUT2D eigenvalue weighted by molar-refractivity contribution is 7.98. The molecule has 4 heteroatoms. The first-order valence-corrected chi connectivity index (χ1v) is 6.18. The molecule has 1 rings (SSSR count). The first-order chi connectivity index (χ1) is 7.22. The lowest BCUT2D eigenvalue weighted by molar-refractivity contribution is 0.287. The van der Waals surface area contributed by atoms with Crippen molar-refractivity contribution in [2.45, 2.75) is 18.7 Å². The van der Waals surface area contributed by atoms with E-state index in [0.29, 0.717) is 13.2 Å². The van der Waals surface area contributed by atoms with Gasteiger partial charge in [-0.05, 0) is 26.2 Å². The number of benzene rings is 1. The molecule has 0 saturated carbocycles. The topological polar surface area (TPSA) is 44.5 Å². The summed E-state index contributed by atoms with van der Waals surface area (Å²) in [4.78, 5) is 1.02. The standard InChI is InChI=1S/C11H17NO2S/c1-4-13-9-6-8(12)11(15-3)7-10(9)14-5-2/h6-7H,4-5,12H2,1-3H3. The van der Waals surface area contributed by atoms with Gasteiger partial charge in [0.1, 0.15) is 0 Å². The second kappa shape index (κ2) is 5.75. The van der Waals surface area contributed by atoms with Crippen LogP contribution < -0.4 is 15.2 Å². The molecule has 0 aliphatic heterocycles. The van der Waals surface area contributed by atoms with E-state index in [2.05, 4.69) is 0 Å². The molecule has 1 aromatic carbocycles. The fourth-order valence-corrected chi connectivity index (χ4v) is 1.79. The van der Waals surface area contributed by atoms with Crippen molar-refractivity contribution >= 4 is 17.4 Å². The number of nitrogens with two attached hydrogens (primary N) is 1. The number of thioether (sulfide) groups is 1. The maximum absolute atomic E-state index is 5.87. The zero-order chi connectivity index (χ0) is 11.3. The molecule has 3 nitrogen and oxygen atoms in total. The lowest BCUT2D eigenvalue weighted by atomic mass is 10.3. The van der Waals surface area contributed by atoms with Gasteiger partial charge in [-0.25, -0.2) is 0 Å². The Balaban J connectivity index is 3.07. The molecule has 0 aliphatic carbocycles. The summed E-state index contributed by atoms with van der Waals surface area (Å²) in [5.74, 6) is 1.48. The third kappa shape index (κ3) is 2.96. The van der Waals surface area contributed by atoms with Crippen LogP contribution in [0.1, 0.15) is 13.8 Å². The maximum Gasteiger partial charge on any atom is 0.163 e. The van der Waals surface area contributed by atoms with Gasteiger partial charge in [-0.1, -0.05) is 0 Å². The molecule has 0 bridgehead atoms. The smallest absolute Gasteiger partial charge is 0.163 e. The van der Waals surface area contributed by atoms with Gasteiger partial charge in [-0.3, -0.25) is 0 Å². The molecule has 0 atom stereocenters. The maximum atomic E-state index is 5.87. The van der Waals surface area contributed by atoms with Crippen molar-refractivity contribution in [3.05, 3.63) is 12.1 Å². The molecule has 0 radical (unpaired) electrons. The number of ether oxygens (including phenoxy) is 2. The Morgan fingerprint density at radius 1 is 1.13 bits per heavy atom. The van der Waals surface area contributed by atoms with E-state index in [1.165, 1.54) is 0 Å². The highest BCUT2D eigenvalue weighted by atomic mass is 32.2. The molecule has 1 aromatic rings. The van der Waals surface area contributed by atoms with Gasteiger partial charge in [0, 0.05) is 16.6 Å². The van der Waals surface area contributed by atoms with E-state index in [1.807, 2.05) is 32.2 Å². The van der Waals surface area contributed by atoms with Gasteiger partial charge in [0.25, 0.3) is 0 Å². The predicted molar refractivity (Wildman–Crippen MR) is 65.0 cm³/mol. The van der Waals surface area contributed by atoms with Gasteiger partial charge in [0.15, 0.2) is 11.5 Å². The van der Waals surface area contributed by atoms with Gasteiger partial charge < -0.3 is 15.2 Å². The summed E-state index contributed by atoms with van der Waals surface area (Å²) in [5.41, 5.74) is 6.60. The van der Waals surface area contributed by atoms with Crippen LogP contribution in [0.3, 0.4) is 0 Å². The molecular weight excluding hydrogens is 210 g/mol. The number of hydrogen-bond donors (Lipinski definition) is 1. The summed E-state index contributed by atoms with van der Waals surface area (Å²) in [6.45, 7) is 5.12. The van der Waals surface area contributed by atoms with Crippen LogP contribution in [0, 0.1) is 0 Å². The van der Waals surface area contributed by atoms with Crippen LogP contribution in [-0.4, -0.2) is 19.5 Å². The Hall–Kier alpha value is -1.03. The monoisotopic (exact) mass is 227 g/mol. The van der Waals surface area contributed by atoms with E-state index in [9.17, 15) is 0 Å². The molecule has 0 fully saturated rings. The third-order valence-corrected chi connectivity index (χ3v) is 2.69. The molecule has 0 heterocycles. The SMILES string of the molecule is CCOc1cc(N)c(SC)cc1OCC. The summed E-state index contributed by atoms with van der Waals surface area (Å²) in [5, 5.41) is 0. The molecular formula is C11H17NO2S. The van der Waals surface area contributed by atoms with Crippen LogP contribution in [0.25, 0.3) is 0 Å². The molecule has 0 saturated heterocycles. The van der Waals surface area contributed by atoms with Crippen LogP contribution in [0.5, 0.6) is 11.5 Å². The number of hydrogen-bond acceptors (Lipinski definition) is 4. The molecule has 0 unspecified atom stereocenters. The van der Waals surface area contributed by atoms with Crippen LogP contribution in [0.2, 0.25) is 0 Å². The minimum atomic E-state index is 0.609. The summed E-state index contributed by atoms with van der Waals surface area (Å²) in [7, 11) is 0. The summed E-state index contributed by atoms with van der Waals surface area (Å²) in [6.07, 6.45) is 1.99. The zero-order valence-electron chi connectivity index (χ0n) is 9.37. The minimum Gasteiger partial charge on any atom is -0.490 e. The summed E-state index contributed by atoms with van der Waals surface area (Å²) in [6, 6.07) is 3.74. The molecule has 0 amide bonds. The third-order valence-electron chi connectivity index (χ3n) is 1.90. The van der Waals surface area contributed by atoms with Crippen LogP contribution in [0.15, 0.2) is 17.0 Å². The Labute approximate surface area is 94.9 Å². The number of anilines is 1. The van der Waals surface area contributed by atoms with Gasteiger partial charge >= 0.3 is 0 Å². The predicted octanol–water partition coefficient (Wildman–Crippen LogP) is 2.79.